The molecule has 0 atom stereocenters. The van der Waals surface area contributed by atoms with Gasteiger partial charge in [-0.15, -0.1) is 11.8 Å². The van der Waals surface area contributed by atoms with E-state index in [1.54, 1.807) is 18.0 Å². The lowest BCUT2D eigenvalue weighted by atomic mass is 10.2. The highest BCUT2D eigenvalue weighted by atomic mass is 32.2. The molecule has 2 rings (SSSR count). The molecule has 25 heavy (non-hydrogen) atoms. The first-order valence-electron chi connectivity index (χ1n) is 8.32. The van der Waals surface area contributed by atoms with Crippen molar-refractivity contribution in [3.05, 3.63) is 53.9 Å². The van der Waals surface area contributed by atoms with Crippen molar-refractivity contribution in [3.8, 4) is 5.75 Å². The summed E-state index contributed by atoms with van der Waals surface area (Å²) in [6.45, 7) is 4.83. The predicted octanol–water partition coefficient (Wildman–Crippen LogP) is 3.09. The van der Waals surface area contributed by atoms with Gasteiger partial charge in [0.2, 0.25) is 0 Å². The maximum atomic E-state index is 9.22. The van der Waals surface area contributed by atoms with Crippen LogP contribution in [0, 0.1) is 6.92 Å². The molecular weight excluding hydrogens is 338 g/mol. The molecule has 0 saturated carbocycles. The minimum absolute atomic E-state index is 0.0257. The van der Waals surface area contributed by atoms with Gasteiger partial charge in [0.1, 0.15) is 12.4 Å². The van der Waals surface area contributed by atoms with E-state index in [-0.39, 0.29) is 6.61 Å². The molecule has 6 heteroatoms. The highest BCUT2D eigenvalue weighted by molar-refractivity contribution is 7.99. The number of aliphatic hydroxyl groups is 1. The molecule has 0 amide bonds. The molecule has 2 aromatic rings. The second kappa shape index (κ2) is 11.9. The molecule has 0 unspecified atom stereocenters. The monoisotopic (exact) mass is 363 g/mol. The highest BCUT2D eigenvalue weighted by Crippen LogP contribution is 2.23. The number of aliphatic hydroxyl groups excluding tert-OH is 1. The molecule has 0 aliphatic rings. The van der Waals surface area contributed by atoms with Crippen molar-refractivity contribution in [1.29, 1.82) is 0 Å². The zero-order valence-electron chi connectivity index (χ0n) is 14.5. The van der Waals surface area contributed by atoms with Crippen LogP contribution in [-0.4, -0.2) is 48.9 Å². The fraction of sp³-hybridized carbons (Fsp3) is 0.421. The fourth-order valence-electron chi connectivity index (χ4n) is 2.14. The Morgan fingerprint density at radius 3 is 2.44 bits per heavy atom. The first kappa shape index (κ1) is 19.7. The molecule has 0 aliphatic carbocycles. The van der Waals surface area contributed by atoms with Crippen LogP contribution < -0.4 is 4.74 Å². The van der Waals surface area contributed by atoms with Gasteiger partial charge in [0, 0.05) is 16.8 Å². The number of aromatic nitrogens is 1. The summed E-state index contributed by atoms with van der Waals surface area (Å²) in [5, 5.41) is 9.22. The van der Waals surface area contributed by atoms with Crippen LogP contribution in [-0.2, 0) is 16.1 Å². The summed E-state index contributed by atoms with van der Waals surface area (Å²) in [7, 11) is 0. The molecule has 0 fully saturated rings. The maximum absolute atomic E-state index is 9.22. The Hall–Kier alpha value is -1.60. The van der Waals surface area contributed by atoms with Gasteiger partial charge >= 0.3 is 0 Å². The summed E-state index contributed by atoms with van der Waals surface area (Å²) in [6.07, 6.45) is 1.73. The van der Waals surface area contributed by atoms with E-state index < -0.39 is 0 Å². The number of benzene rings is 1. The van der Waals surface area contributed by atoms with Crippen molar-refractivity contribution >= 4 is 11.8 Å². The second-order valence-electron chi connectivity index (χ2n) is 5.27. The Kier molecular flexibility index (Phi) is 9.36. The van der Waals surface area contributed by atoms with Gasteiger partial charge in [0.25, 0.3) is 0 Å². The van der Waals surface area contributed by atoms with Crippen LogP contribution in [0.1, 0.15) is 11.3 Å². The average molecular weight is 363 g/mol. The average Bonchev–Trinajstić information content (AvgIpc) is 2.65. The van der Waals surface area contributed by atoms with E-state index in [0.717, 1.165) is 27.7 Å². The SMILES string of the molecule is Cc1c(SCCOCCOCCOc2ccccc2)ccnc1CO. The summed E-state index contributed by atoms with van der Waals surface area (Å²) in [5.74, 6) is 1.71. The zero-order valence-corrected chi connectivity index (χ0v) is 15.3. The van der Waals surface area contributed by atoms with Gasteiger partial charge in [-0.2, -0.15) is 0 Å². The maximum Gasteiger partial charge on any atom is 0.119 e. The molecule has 136 valence electrons. The largest absolute Gasteiger partial charge is 0.491 e. The predicted molar refractivity (Wildman–Crippen MR) is 99.2 cm³/mol. The smallest absolute Gasteiger partial charge is 0.119 e. The van der Waals surface area contributed by atoms with Crippen LogP contribution in [0.3, 0.4) is 0 Å². The number of hydrogen-bond donors (Lipinski definition) is 1. The van der Waals surface area contributed by atoms with Crippen LogP contribution in [0.5, 0.6) is 5.75 Å². The molecule has 0 bridgehead atoms. The fourth-order valence-corrected chi connectivity index (χ4v) is 3.05. The second-order valence-corrected chi connectivity index (χ2v) is 6.41. The summed E-state index contributed by atoms with van der Waals surface area (Å²) in [4.78, 5) is 5.28. The quantitative estimate of drug-likeness (QED) is 0.462. The molecule has 0 saturated heterocycles. The van der Waals surface area contributed by atoms with Gasteiger partial charge in [-0.3, -0.25) is 4.98 Å². The summed E-state index contributed by atoms with van der Waals surface area (Å²) >= 11 is 1.71. The zero-order chi connectivity index (χ0) is 17.7. The van der Waals surface area contributed by atoms with Crippen LogP contribution in [0.25, 0.3) is 0 Å². The molecular formula is C19H25NO4S. The number of ether oxygens (including phenoxy) is 3. The first-order valence-corrected chi connectivity index (χ1v) is 9.31. The number of rotatable bonds is 12. The Labute approximate surface area is 153 Å². The lowest BCUT2D eigenvalue weighted by Crippen LogP contribution is -2.11. The number of hydrogen-bond acceptors (Lipinski definition) is 6. The number of thioether (sulfide) groups is 1. The Morgan fingerprint density at radius 2 is 1.68 bits per heavy atom. The minimum atomic E-state index is -0.0257. The van der Waals surface area contributed by atoms with Crippen molar-refractivity contribution in [2.75, 3.05) is 38.8 Å². The molecule has 1 aromatic heterocycles. The van der Waals surface area contributed by atoms with Gasteiger partial charge < -0.3 is 19.3 Å². The minimum Gasteiger partial charge on any atom is -0.491 e. The normalized spacial score (nSPS) is 10.8. The molecule has 0 aliphatic heterocycles. The lowest BCUT2D eigenvalue weighted by Gasteiger charge is -2.09. The summed E-state index contributed by atoms with van der Waals surface area (Å²) < 4.78 is 16.6. The third-order valence-corrected chi connectivity index (χ3v) is 4.63. The van der Waals surface area contributed by atoms with Gasteiger partial charge in [0.15, 0.2) is 0 Å². The Bertz CT molecular complexity index is 610. The van der Waals surface area contributed by atoms with Gasteiger partial charge in [-0.05, 0) is 30.7 Å². The Morgan fingerprint density at radius 1 is 0.960 bits per heavy atom. The molecule has 1 heterocycles. The van der Waals surface area contributed by atoms with E-state index >= 15 is 0 Å². The Balaban J connectivity index is 1.46. The van der Waals surface area contributed by atoms with Gasteiger partial charge in [-0.25, -0.2) is 0 Å². The molecule has 5 nitrogen and oxygen atoms in total. The molecule has 1 N–H and O–H groups in total. The molecule has 0 radical (unpaired) electrons. The first-order chi connectivity index (χ1) is 12.3. The van der Waals surface area contributed by atoms with Crippen LogP contribution in [0.15, 0.2) is 47.5 Å². The number of pyridine rings is 1. The standard InChI is InChI=1S/C19H25NO4S/c1-16-18(15-21)20-8-7-19(16)25-14-13-23-10-9-22-11-12-24-17-5-3-2-4-6-17/h2-8,21H,9-15H2,1H3. The van der Waals surface area contributed by atoms with Crippen molar-refractivity contribution < 1.29 is 19.3 Å². The molecule has 0 spiro atoms. The highest BCUT2D eigenvalue weighted by Gasteiger charge is 2.04. The third-order valence-electron chi connectivity index (χ3n) is 3.51. The van der Waals surface area contributed by atoms with E-state index in [1.165, 1.54) is 0 Å². The van der Waals surface area contributed by atoms with E-state index in [4.69, 9.17) is 14.2 Å². The van der Waals surface area contributed by atoms with E-state index in [9.17, 15) is 5.11 Å². The van der Waals surface area contributed by atoms with E-state index in [2.05, 4.69) is 4.98 Å². The van der Waals surface area contributed by atoms with E-state index in [1.807, 2.05) is 43.3 Å². The summed E-state index contributed by atoms with van der Waals surface area (Å²) in [5.41, 5.74) is 1.77. The molecule has 1 aromatic carbocycles. The van der Waals surface area contributed by atoms with Crippen molar-refractivity contribution in [3.63, 3.8) is 0 Å². The third kappa shape index (κ3) is 7.44. The van der Waals surface area contributed by atoms with Gasteiger partial charge in [0.05, 0.1) is 38.7 Å². The number of para-hydroxylation sites is 1. The van der Waals surface area contributed by atoms with Crippen molar-refractivity contribution in [2.45, 2.75) is 18.4 Å². The topological polar surface area (TPSA) is 60.8 Å². The van der Waals surface area contributed by atoms with Gasteiger partial charge in [-0.1, -0.05) is 18.2 Å². The van der Waals surface area contributed by atoms with Crippen LogP contribution >= 0.6 is 11.8 Å². The van der Waals surface area contributed by atoms with Crippen molar-refractivity contribution in [2.24, 2.45) is 0 Å². The number of nitrogens with zero attached hydrogens (tertiary/aromatic N) is 1. The van der Waals surface area contributed by atoms with E-state index in [0.29, 0.717) is 33.0 Å². The van der Waals surface area contributed by atoms with Crippen LogP contribution in [0.4, 0.5) is 0 Å². The van der Waals surface area contributed by atoms with Crippen LogP contribution in [0.2, 0.25) is 0 Å². The lowest BCUT2D eigenvalue weighted by molar-refractivity contribution is 0.0412. The van der Waals surface area contributed by atoms with Crippen molar-refractivity contribution in [1.82, 2.24) is 4.98 Å². The summed E-state index contributed by atoms with van der Waals surface area (Å²) in [6, 6.07) is 11.7.